The predicted octanol–water partition coefficient (Wildman–Crippen LogP) is 3.19. The van der Waals surface area contributed by atoms with Gasteiger partial charge in [-0.15, -0.1) is 13.2 Å². The number of rotatable bonds is 4. The van der Waals surface area contributed by atoms with E-state index in [0.717, 1.165) is 0 Å². The molecule has 83 valence electrons. The summed E-state index contributed by atoms with van der Waals surface area (Å²) >= 11 is 0. The molecule has 0 saturated heterocycles. The standard InChI is InChI=1S/C10H10F3O2/c1-2-6-14-8-4-3-5-9(7-8)15-10(11,12)13/h3-5,7H,1-2,6H2. The number of alkyl halides is 3. The van der Waals surface area contributed by atoms with E-state index in [4.69, 9.17) is 4.74 Å². The zero-order valence-electron chi connectivity index (χ0n) is 7.88. The molecule has 0 aliphatic heterocycles. The fraction of sp³-hybridized carbons (Fsp3) is 0.300. The third-order valence-electron chi connectivity index (χ3n) is 1.45. The zero-order chi connectivity index (χ0) is 11.3. The van der Waals surface area contributed by atoms with E-state index in [-0.39, 0.29) is 5.75 Å². The lowest BCUT2D eigenvalue weighted by Gasteiger charge is -2.10. The molecule has 0 saturated carbocycles. The molecule has 0 aromatic heterocycles. The molecule has 1 radical (unpaired) electrons. The Kier molecular flexibility index (Phi) is 3.82. The summed E-state index contributed by atoms with van der Waals surface area (Å²) in [5.41, 5.74) is 0. The van der Waals surface area contributed by atoms with Crippen molar-refractivity contribution in [3.8, 4) is 11.5 Å². The number of ether oxygens (including phenoxy) is 2. The summed E-state index contributed by atoms with van der Waals surface area (Å²) in [5, 5.41) is 0. The van der Waals surface area contributed by atoms with Gasteiger partial charge in [0.15, 0.2) is 0 Å². The Labute approximate surface area is 85.6 Å². The van der Waals surface area contributed by atoms with E-state index in [0.29, 0.717) is 18.8 Å². The SMILES string of the molecule is [CH2]CCOc1cccc(OC(F)(F)F)c1. The summed E-state index contributed by atoms with van der Waals surface area (Å²) in [6.07, 6.45) is -4.13. The Bertz CT molecular complexity index is 310. The first-order valence-corrected chi connectivity index (χ1v) is 4.29. The summed E-state index contributed by atoms with van der Waals surface area (Å²) in [4.78, 5) is 0. The zero-order valence-corrected chi connectivity index (χ0v) is 7.88. The van der Waals surface area contributed by atoms with Gasteiger partial charge >= 0.3 is 6.36 Å². The Hall–Kier alpha value is -1.39. The minimum Gasteiger partial charge on any atom is -0.493 e. The van der Waals surface area contributed by atoms with Crippen LogP contribution in [0.15, 0.2) is 24.3 Å². The molecule has 0 N–H and O–H groups in total. The van der Waals surface area contributed by atoms with Crippen LogP contribution in [0.25, 0.3) is 0 Å². The molecule has 0 amide bonds. The van der Waals surface area contributed by atoms with Crippen molar-refractivity contribution in [1.29, 1.82) is 0 Å². The molecule has 1 aromatic carbocycles. The summed E-state index contributed by atoms with van der Waals surface area (Å²) in [6, 6.07) is 5.38. The molecule has 0 spiro atoms. The smallest absolute Gasteiger partial charge is 0.493 e. The van der Waals surface area contributed by atoms with Crippen LogP contribution in [0.5, 0.6) is 11.5 Å². The van der Waals surface area contributed by atoms with Crippen LogP contribution in [-0.2, 0) is 0 Å². The molecule has 0 aliphatic carbocycles. The van der Waals surface area contributed by atoms with Crippen molar-refractivity contribution in [2.75, 3.05) is 6.61 Å². The van der Waals surface area contributed by atoms with Crippen molar-refractivity contribution in [3.05, 3.63) is 31.2 Å². The molecule has 0 unspecified atom stereocenters. The Morgan fingerprint density at radius 1 is 1.20 bits per heavy atom. The molecule has 2 nitrogen and oxygen atoms in total. The van der Waals surface area contributed by atoms with Gasteiger partial charge in [-0.2, -0.15) is 0 Å². The maximum Gasteiger partial charge on any atom is 0.573 e. The minimum absolute atomic E-state index is 0.288. The van der Waals surface area contributed by atoms with E-state index in [1.165, 1.54) is 18.2 Å². The molecule has 5 heteroatoms. The third kappa shape index (κ3) is 4.58. The first kappa shape index (κ1) is 11.7. The van der Waals surface area contributed by atoms with Gasteiger partial charge in [-0.25, -0.2) is 0 Å². The lowest BCUT2D eigenvalue weighted by molar-refractivity contribution is -0.274. The van der Waals surface area contributed by atoms with Gasteiger partial charge in [0.2, 0.25) is 0 Å². The lowest BCUT2D eigenvalue weighted by atomic mass is 10.3. The predicted molar refractivity (Wildman–Crippen MR) is 48.6 cm³/mol. The van der Waals surface area contributed by atoms with Gasteiger partial charge in [-0.3, -0.25) is 0 Å². The van der Waals surface area contributed by atoms with E-state index in [1.54, 1.807) is 6.07 Å². The van der Waals surface area contributed by atoms with Crippen molar-refractivity contribution in [2.45, 2.75) is 12.8 Å². The van der Waals surface area contributed by atoms with Gasteiger partial charge in [0, 0.05) is 6.07 Å². The van der Waals surface area contributed by atoms with Gasteiger partial charge in [0.05, 0.1) is 6.61 Å². The summed E-state index contributed by atoms with van der Waals surface area (Å²) in [7, 11) is 0. The van der Waals surface area contributed by atoms with Crippen molar-refractivity contribution in [3.63, 3.8) is 0 Å². The van der Waals surface area contributed by atoms with Crippen molar-refractivity contribution < 1.29 is 22.6 Å². The van der Waals surface area contributed by atoms with Gasteiger partial charge in [-0.1, -0.05) is 6.07 Å². The van der Waals surface area contributed by atoms with Gasteiger partial charge in [0.1, 0.15) is 11.5 Å². The largest absolute Gasteiger partial charge is 0.573 e. The molecular formula is C10H10F3O2. The molecule has 0 heterocycles. The lowest BCUT2D eigenvalue weighted by Crippen LogP contribution is -2.17. The van der Waals surface area contributed by atoms with Gasteiger partial charge in [-0.05, 0) is 25.5 Å². The molecule has 15 heavy (non-hydrogen) atoms. The van der Waals surface area contributed by atoms with Gasteiger partial charge in [0.25, 0.3) is 0 Å². The normalized spacial score (nSPS) is 11.2. The van der Waals surface area contributed by atoms with E-state index < -0.39 is 6.36 Å². The number of hydrogen-bond donors (Lipinski definition) is 0. The van der Waals surface area contributed by atoms with E-state index in [2.05, 4.69) is 11.7 Å². The van der Waals surface area contributed by atoms with Gasteiger partial charge < -0.3 is 9.47 Å². The Morgan fingerprint density at radius 3 is 2.47 bits per heavy atom. The molecular weight excluding hydrogens is 209 g/mol. The fourth-order valence-electron chi connectivity index (χ4n) is 0.951. The average Bonchev–Trinajstić information content (AvgIpc) is 2.12. The monoisotopic (exact) mass is 219 g/mol. The van der Waals surface area contributed by atoms with E-state index in [9.17, 15) is 13.2 Å². The van der Waals surface area contributed by atoms with Crippen molar-refractivity contribution in [2.24, 2.45) is 0 Å². The second kappa shape index (κ2) is 4.91. The molecule has 1 aromatic rings. The van der Waals surface area contributed by atoms with E-state index >= 15 is 0 Å². The van der Waals surface area contributed by atoms with Crippen LogP contribution >= 0.6 is 0 Å². The first-order chi connectivity index (χ1) is 7.01. The molecule has 0 aliphatic rings. The maximum absolute atomic E-state index is 11.9. The number of halogens is 3. The van der Waals surface area contributed by atoms with Crippen LogP contribution in [0.2, 0.25) is 0 Å². The fourth-order valence-corrected chi connectivity index (χ4v) is 0.951. The second-order valence-electron chi connectivity index (χ2n) is 2.72. The quantitative estimate of drug-likeness (QED) is 0.774. The van der Waals surface area contributed by atoms with E-state index in [1.807, 2.05) is 0 Å². The highest BCUT2D eigenvalue weighted by Gasteiger charge is 2.31. The topological polar surface area (TPSA) is 18.5 Å². The molecule has 1 rings (SSSR count). The Morgan fingerprint density at radius 2 is 1.87 bits per heavy atom. The number of hydrogen-bond acceptors (Lipinski definition) is 2. The average molecular weight is 219 g/mol. The van der Waals surface area contributed by atoms with Crippen LogP contribution in [-0.4, -0.2) is 13.0 Å². The van der Waals surface area contributed by atoms with Crippen LogP contribution < -0.4 is 9.47 Å². The summed E-state index contributed by atoms with van der Waals surface area (Å²) < 4.78 is 44.4. The summed E-state index contributed by atoms with van der Waals surface area (Å²) in [5.74, 6) is 0.0458. The maximum atomic E-state index is 11.9. The van der Waals surface area contributed by atoms with Crippen LogP contribution in [0.3, 0.4) is 0 Å². The highest BCUT2D eigenvalue weighted by atomic mass is 19.4. The highest BCUT2D eigenvalue weighted by molar-refractivity contribution is 5.33. The highest BCUT2D eigenvalue weighted by Crippen LogP contribution is 2.25. The minimum atomic E-state index is -4.68. The third-order valence-corrected chi connectivity index (χ3v) is 1.45. The van der Waals surface area contributed by atoms with Crippen molar-refractivity contribution in [1.82, 2.24) is 0 Å². The van der Waals surface area contributed by atoms with Crippen LogP contribution in [0.1, 0.15) is 6.42 Å². The first-order valence-electron chi connectivity index (χ1n) is 4.29. The molecule has 0 bridgehead atoms. The second-order valence-corrected chi connectivity index (χ2v) is 2.72. The summed E-state index contributed by atoms with van der Waals surface area (Å²) in [6.45, 7) is 3.90. The Balaban J connectivity index is 2.66. The molecule has 0 atom stereocenters. The number of benzene rings is 1. The van der Waals surface area contributed by atoms with Crippen LogP contribution in [0.4, 0.5) is 13.2 Å². The molecule has 0 fully saturated rings. The van der Waals surface area contributed by atoms with Crippen molar-refractivity contribution >= 4 is 0 Å². The van der Waals surface area contributed by atoms with Crippen LogP contribution in [0, 0.1) is 6.92 Å².